The molecule has 3 nitrogen and oxygen atoms in total. The number of allylic oxidation sites excluding steroid dienone is 1. The fraction of sp³-hybridized carbons (Fsp3) is 0.273. The largest absolute Gasteiger partial charge is 0.229 e. The Morgan fingerprint density at radius 3 is 2.40 bits per heavy atom. The first kappa shape index (κ1) is 11.9. The zero-order valence-electron chi connectivity index (χ0n) is 8.46. The second kappa shape index (κ2) is 5.09. The van der Waals surface area contributed by atoms with Crippen LogP contribution in [0.1, 0.15) is 17.9 Å². The Bertz CT molecular complexity index is 411. The average Bonchev–Trinajstić information content (AvgIpc) is 2.17. The van der Waals surface area contributed by atoms with E-state index in [4.69, 9.17) is 5.14 Å². The summed E-state index contributed by atoms with van der Waals surface area (Å²) in [7, 11) is -3.44. The first-order valence-electron chi connectivity index (χ1n) is 4.69. The van der Waals surface area contributed by atoms with E-state index in [0.717, 1.165) is 5.56 Å². The summed E-state index contributed by atoms with van der Waals surface area (Å²) < 4.78 is 22.1. The number of nitrogens with two attached hydrogens (primary N) is 1. The summed E-state index contributed by atoms with van der Waals surface area (Å²) in [6.07, 6.45) is 2.32. The summed E-state index contributed by atoms with van der Waals surface area (Å²) in [6, 6.07) is 9.47. The predicted molar refractivity (Wildman–Crippen MR) is 62.0 cm³/mol. The van der Waals surface area contributed by atoms with Crippen molar-refractivity contribution in [3.8, 4) is 0 Å². The molecule has 0 fully saturated rings. The van der Waals surface area contributed by atoms with Crippen LogP contribution in [0.25, 0.3) is 0 Å². The maximum Gasteiger partial charge on any atom is 0.209 e. The summed E-state index contributed by atoms with van der Waals surface area (Å²) in [6.45, 7) is 3.62. The van der Waals surface area contributed by atoms with Gasteiger partial charge in [0.1, 0.15) is 0 Å². The van der Waals surface area contributed by atoms with Gasteiger partial charge >= 0.3 is 0 Å². The van der Waals surface area contributed by atoms with Gasteiger partial charge in [-0.3, -0.25) is 0 Å². The molecule has 0 saturated heterocycles. The van der Waals surface area contributed by atoms with Crippen molar-refractivity contribution in [2.45, 2.75) is 12.3 Å². The molecule has 0 saturated carbocycles. The highest BCUT2D eigenvalue weighted by Crippen LogP contribution is 2.20. The Balaban J connectivity index is 2.88. The molecular weight excluding hydrogens is 210 g/mol. The van der Waals surface area contributed by atoms with E-state index in [9.17, 15) is 8.42 Å². The highest BCUT2D eigenvalue weighted by atomic mass is 32.2. The lowest BCUT2D eigenvalue weighted by Crippen LogP contribution is -2.21. The second-order valence-electron chi connectivity index (χ2n) is 3.46. The van der Waals surface area contributed by atoms with Gasteiger partial charge in [0, 0.05) is 5.92 Å². The number of primary sulfonamides is 1. The molecule has 15 heavy (non-hydrogen) atoms. The maximum absolute atomic E-state index is 11.0. The summed E-state index contributed by atoms with van der Waals surface area (Å²) >= 11 is 0. The van der Waals surface area contributed by atoms with E-state index in [1.807, 2.05) is 30.3 Å². The van der Waals surface area contributed by atoms with Crippen molar-refractivity contribution in [1.82, 2.24) is 0 Å². The molecular formula is C11H15NO2S. The smallest absolute Gasteiger partial charge is 0.209 e. The van der Waals surface area contributed by atoms with Crippen LogP contribution in [0.5, 0.6) is 0 Å². The molecule has 82 valence electrons. The fourth-order valence-electron chi connectivity index (χ4n) is 1.51. The fourth-order valence-corrected chi connectivity index (χ4v) is 2.40. The Morgan fingerprint density at radius 2 is 1.93 bits per heavy atom. The van der Waals surface area contributed by atoms with Gasteiger partial charge in [0.05, 0.1) is 5.75 Å². The Morgan fingerprint density at radius 1 is 1.33 bits per heavy atom. The van der Waals surface area contributed by atoms with Crippen LogP contribution in [0.4, 0.5) is 0 Å². The molecule has 0 unspecified atom stereocenters. The van der Waals surface area contributed by atoms with Crippen molar-refractivity contribution in [2.24, 2.45) is 5.14 Å². The summed E-state index contributed by atoms with van der Waals surface area (Å²) in [4.78, 5) is 0. The van der Waals surface area contributed by atoms with Gasteiger partial charge in [0.2, 0.25) is 10.0 Å². The van der Waals surface area contributed by atoms with Crippen LogP contribution in [-0.4, -0.2) is 14.2 Å². The van der Waals surface area contributed by atoms with E-state index in [1.54, 1.807) is 6.08 Å². The minimum atomic E-state index is -3.44. The minimum absolute atomic E-state index is 0.0387. The first-order chi connectivity index (χ1) is 7.03. The second-order valence-corrected chi connectivity index (χ2v) is 5.12. The van der Waals surface area contributed by atoms with E-state index in [0.29, 0.717) is 6.42 Å². The molecule has 1 rings (SSSR count). The van der Waals surface area contributed by atoms with Crippen molar-refractivity contribution in [3.63, 3.8) is 0 Å². The van der Waals surface area contributed by atoms with Crippen LogP contribution in [-0.2, 0) is 10.0 Å². The van der Waals surface area contributed by atoms with E-state index < -0.39 is 10.0 Å². The van der Waals surface area contributed by atoms with Crippen LogP contribution in [0.2, 0.25) is 0 Å². The predicted octanol–water partition coefficient (Wildman–Crippen LogP) is 1.63. The summed E-state index contributed by atoms with van der Waals surface area (Å²) in [5, 5.41) is 5.04. The third-order valence-corrected chi connectivity index (χ3v) is 3.02. The van der Waals surface area contributed by atoms with E-state index in [2.05, 4.69) is 6.58 Å². The van der Waals surface area contributed by atoms with Crippen molar-refractivity contribution in [3.05, 3.63) is 48.6 Å². The van der Waals surface area contributed by atoms with Crippen LogP contribution in [0, 0.1) is 0 Å². The molecule has 0 bridgehead atoms. The lowest BCUT2D eigenvalue weighted by Gasteiger charge is -2.13. The SMILES string of the molecule is C=CC[C@@H](CS(N)(=O)=O)c1ccccc1. The molecule has 0 aromatic heterocycles. The molecule has 2 N–H and O–H groups in total. The van der Waals surface area contributed by atoms with Gasteiger partial charge in [-0.1, -0.05) is 36.4 Å². The van der Waals surface area contributed by atoms with Gasteiger partial charge in [-0.05, 0) is 12.0 Å². The van der Waals surface area contributed by atoms with Crippen molar-refractivity contribution in [1.29, 1.82) is 0 Å². The number of hydrogen-bond acceptors (Lipinski definition) is 2. The quantitative estimate of drug-likeness (QED) is 0.774. The maximum atomic E-state index is 11.0. The number of hydrogen-bond donors (Lipinski definition) is 1. The van der Waals surface area contributed by atoms with Gasteiger partial charge in [-0.2, -0.15) is 0 Å². The lowest BCUT2D eigenvalue weighted by molar-refractivity contribution is 0.589. The standard InChI is InChI=1S/C11H15NO2S/c1-2-6-11(9-15(12,13)14)10-7-4-3-5-8-10/h2-5,7-8,11H,1,6,9H2,(H2,12,13,14)/t11-/m0/s1. The zero-order valence-corrected chi connectivity index (χ0v) is 9.28. The van der Waals surface area contributed by atoms with Crippen LogP contribution < -0.4 is 5.14 Å². The van der Waals surface area contributed by atoms with E-state index in [-0.39, 0.29) is 11.7 Å². The Kier molecular flexibility index (Phi) is 4.05. The topological polar surface area (TPSA) is 60.2 Å². The number of rotatable bonds is 5. The Labute approximate surface area is 90.7 Å². The minimum Gasteiger partial charge on any atom is -0.229 e. The number of benzene rings is 1. The molecule has 0 radical (unpaired) electrons. The molecule has 0 aliphatic carbocycles. The Hall–Kier alpha value is -1.13. The highest BCUT2D eigenvalue weighted by Gasteiger charge is 2.16. The average molecular weight is 225 g/mol. The van der Waals surface area contributed by atoms with Gasteiger partial charge in [-0.25, -0.2) is 13.6 Å². The lowest BCUT2D eigenvalue weighted by atomic mass is 9.98. The normalized spacial score (nSPS) is 13.4. The first-order valence-corrected chi connectivity index (χ1v) is 6.41. The zero-order chi connectivity index (χ0) is 11.3. The third-order valence-electron chi connectivity index (χ3n) is 2.16. The van der Waals surface area contributed by atoms with Gasteiger partial charge in [0.15, 0.2) is 0 Å². The van der Waals surface area contributed by atoms with Crippen molar-refractivity contribution < 1.29 is 8.42 Å². The molecule has 0 aliphatic heterocycles. The molecule has 1 aromatic carbocycles. The van der Waals surface area contributed by atoms with E-state index >= 15 is 0 Å². The van der Waals surface area contributed by atoms with Crippen molar-refractivity contribution >= 4 is 10.0 Å². The summed E-state index contributed by atoms with van der Waals surface area (Å²) in [5.74, 6) is -0.137. The molecule has 1 aromatic rings. The van der Waals surface area contributed by atoms with E-state index in [1.165, 1.54) is 0 Å². The molecule has 0 heterocycles. The molecule has 4 heteroatoms. The molecule has 0 amide bonds. The van der Waals surface area contributed by atoms with Crippen LogP contribution in [0.15, 0.2) is 43.0 Å². The summed E-state index contributed by atoms with van der Waals surface area (Å²) in [5.41, 5.74) is 0.978. The third kappa shape index (κ3) is 4.27. The monoisotopic (exact) mass is 225 g/mol. The van der Waals surface area contributed by atoms with Crippen LogP contribution in [0.3, 0.4) is 0 Å². The van der Waals surface area contributed by atoms with Gasteiger partial charge in [0.25, 0.3) is 0 Å². The number of sulfonamides is 1. The van der Waals surface area contributed by atoms with Gasteiger partial charge < -0.3 is 0 Å². The molecule has 0 aliphatic rings. The molecule has 1 atom stereocenters. The highest BCUT2D eigenvalue weighted by molar-refractivity contribution is 7.89. The van der Waals surface area contributed by atoms with Crippen molar-refractivity contribution in [2.75, 3.05) is 5.75 Å². The molecule has 0 spiro atoms. The van der Waals surface area contributed by atoms with Gasteiger partial charge in [-0.15, -0.1) is 6.58 Å². The van der Waals surface area contributed by atoms with Crippen LogP contribution >= 0.6 is 0 Å².